The first-order valence-electron chi connectivity index (χ1n) is 5.74. The second-order valence-corrected chi connectivity index (χ2v) is 5.22. The van der Waals surface area contributed by atoms with Gasteiger partial charge in [-0.25, -0.2) is 9.78 Å². The van der Waals surface area contributed by atoms with Crippen molar-refractivity contribution < 1.29 is 9.59 Å². The second-order valence-electron chi connectivity index (χ2n) is 3.89. The van der Waals surface area contributed by atoms with Crippen molar-refractivity contribution in [2.24, 2.45) is 0 Å². The van der Waals surface area contributed by atoms with Crippen LogP contribution in [0.5, 0.6) is 0 Å². The molecule has 0 aliphatic carbocycles. The minimum absolute atomic E-state index is 0.357. The van der Waals surface area contributed by atoms with Gasteiger partial charge in [0.25, 0.3) is 0 Å². The molecule has 3 amide bonds. The lowest BCUT2D eigenvalue weighted by molar-refractivity contribution is -0.119. The van der Waals surface area contributed by atoms with E-state index in [-0.39, 0.29) is 5.91 Å². The molecule has 0 aliphatic rings. The molecular formula is C12H14N4O2S. The van der Waals surface area contributed by atoms with Crippen LogP contribution in [0, 0.1) is 0 Å². The van der Waals surface area contributed by atoms with E-state index < -0.39 is 11.3 Å². The molecular weight excluding hydrogens is 264 g/mol. The summed E-state index contributed by atoms with van der Waals surface area (Å²) in [6.07, 6.45) is 0. The number of nitrogens with one attached hydrogen (secondary N) is 3. The largest absolute Gasteiger partial charge is 0.341 e. The number of benzene rings is 1. The van der Waals surface area contributed by atoms with E-state index in [0.29, 0.717) is 5.16 Å². The quantitative estimate of drug-likeness (QED) is 0.743. The Morgan fingerprint density at radius 1 is 1.37 bits per heavy atom. The molecule has 0 spiro atoms. The minimum Gasteiger partial charge on any atom is -0.341 e. The number of aromatic nitrogens is 2. The van der Waals surface area contributed by atoms with Crippen LogP contribution in [-0.2, 0) is 4.79 Å². The summed E-state index contributed by atoms with van der Waals surface area (Å²) < 4.78 is 0. The molecule has 2 aromatic rings. The smallest absolute Gasteiger partial charge is 0.321 e. The number of hydrogen-bond acceptors (Lipinski definition) is 4. The molecule has 0 radical (unpaired) electrons. The van der Waals surface area contributed by atoms with Gasteiger partial charge in [0.15, 0.2) is 5.16 Å². The third kappa shape index (κ3) is 3.25. The fourth-order valence-electron chi connectivity index (χ4n) is 1.48. The van der Waals surface area contributed by atoms with Crippen LogP contribution in [0.1, 0.15) is 6.92 Å². The zero-order valence-electron chi connectivity index (χ0n) is 10.6. The zero-order valence-corrected chi connectivity index (χ0v) is 11.4. The summed E-state index contributed by atoms with van der Waals surface area (Å²) in [5.41, 5.74) is 1.77. The van der Waals surface area contributed by atoms with Gasteiger partial charge in [0, 0.05) is 7.05 Å². The predicted molar refractivity (Wildman–Crippen MR) is 74.0 cm³/mol. The average molecular weight is 278 g/mol. The van der Waals surface area contributed by atoms with Crippen molar-refractivity contribution in [2.75, 3.05) is 7.05 Å². The molecule has 1 aromatic carbocycles. The number of fused-ring (bicyclic) bond motifs is 1. The highest BCUT2D eigenvalue weighted by Crippen LogP contribution is 2.23. The summed E-state index contributed by atoms with van der Waals surface area (Å²) in [4.78, 5) is 30.2. The summed E-state index contributed by atoms with van der Waals surface area (Å²) in [5.74, 6) is -0.357. The molecule has 6 nitrogen and oxygen atoms in total. The van der Waals surface area contributed by atoms with Crippen LogP contribution in [0.2, 0.25) is 0 Å². The number of carbonyl (C=O) groups excluding carboxylic acids is 2. The van der Waals surface area contributed by atoms with Crippen molar-refractivity contribution in [3.8, 4) is 0 Å². The van der Waals surface area contributed by atoms with E-state index in [2.05, 4.69) is 20.6 Å². The molecule has 1 aromatic heterocycles. The Bertz CT molecular complexity index is 578. The number of imidazole rings is 1. The zero-order chi connectivity index (χ0) is 13.8. The monoisotopic (exact) mass is 278 g/mol. The Morgan fingerprint density at radius 3 is 2.79 bits per heavy atom. The van der Waals surface area contributed by atoms with Gasteiger partial charge in [-0.3, -0.25) is 10.1 Å². The van der Waals surface area contributed by atoms with Gasteiger partial charge in [0.05, 0.1) is 16.3 Å². The summed E-state index contributed by atoms with van der Waals surface area (Å²) in [6.45, 7) is 1.72. The van der Waals surface area contributed by atoms with Crippen molar-refractivity contribution in [3.05, 3.63) is 24.3 Å². The molecule has 0 aliphatic heterocycles. The first-order chi connectivity index (χ1) is 9.10. The van der Waals surface area contributed by atoms with Crippen LogP contribution in [-0.4, -0.2) is 34.2 Å². The molecule has 0 saturated heterocycles. The van der Waals surface area contributed by atoms with Crippen LogP contribution < -0.4 is 10.6 Å². The van der Waals surface area contributed by atoms with Gasteiger partial charge < -0.3 is 10.3 Å². The Balaban J connectivity index is 2.03. The number of urea groups is 1. The van der Waals surface area contributed by atoms with E-state index >= 15 is 0 Å². The topological polar surface area (TPSA) is 86.9 Å². The maximum atomic E-state index is 11.7. The normalized spacial score (nSPS) is 12.1. The van der Waals surface area contributed by atoms with Gasteiger partial charge in [-0.2, -0.15) is 0 Å². The Kier molecular flexibility index (Phi) is 4.06. The molecule has 0 fully saturated rings. The molecule has 2 rings (SSSR count). The molecule has 3 N–H and O–H groups in total. The highest BCUT2D eigenvalue weighted by molar-refractivity contribution is 8.00. The maximum absolute atomic E-state index is 11.7. The van der Waals surface area contributed by atoms with Gasteiger partial charge in [0.2, 0.25) is 5.91 Å². The molecule has 1 unspecified atom stereocenters. The molecule has 100 valence electrons. The standard InChI is InChI=1S/C12H14N4O2S/c1-7(10(17)16-11(18)13-2)19-12-14-8-5-3-4-6-9(8)15-12/h3-7H,1-2H3,(H,14,15)(H2,13,16,17,18). The van der Waals surface area contributed by atoms with E-state index in [1.54, 1.807) is 6.92 Å². The van der Waals surface area contributed by atoms with Crippen LogP contribution in [0.25, 0.3) is 11.0 Å². The molecule has 1 atom stereocenters. The lowest BCUT2D eigenvalue weighted by atomic mass is 10.3. The number of amides is 3. The van der Waals surface area contributed by atoms with E-state index in [9.17, 15) is 9.59 Å². The van der Waals surface area contributed by atoms with Gasteiger partial charge >= 0.3 is 6.03 Å². The second kappa shape index (κ2) is 5.75. The number of nitrogens with zero attached hydrogens (tertiary/aromatic N) is 1. The van der Waals surface area contributed by atoms with Gasteiger partial charge in [-0.1, -0.05) is 23.9 Å². The number of carbonyl (C=O) groups is 2. The number of rotatable bonds is 3. The van der Waals surface area contributed by atoms with Crippen molar-refractivity contribution in [1.82, 2.24) is 20.6 Å². The SMILES string of the molecule is CNC(=O)NC(=O)C(C)Sc1nc2ccccc2[nH]1. The van der Waals surface area contributed by atoms with Gasteiger partial charge in [0.1, 0.15) is 0 Å². The Morgan fingerprint density at radius 2 is 2.11 bits per heavy atom. The first-order valence-corrected chi connectivity index (χ1v) is 6.62. The van der Waals surface area contributed by atoms with Crippen LogP contribution >= 0.6 is 11.8 Å². The van der Waals surface area contributed by atoms with Crippen molar-refractivity contribution in [2.45, 2.75) is 17.3 Å². The summed E-state index contributed by atoms with van der Waals surface area (Å²) >= 11 is 1.27. The summed E-state index contributed by atoms with van der Waals surface area (Å²) in [7, 11) is 1.46. The number of H-pyrrole nitrogens is 1. The fraction of sp³-hybridized carbons (Fsp3) is 0.250. The summed E-state index contributed by atoms with van der Waals surface area (Å²) in [5, 5.41) is 4.80. The number of imide groups is 1. The number of para-hydroxylation sites is 2. The first kappa shape index (κ1) is 13.4. The third-order valence-corrected chi connectivity index (χ3v) is 3.47. The number of aromatic amines is 1. The maximum Gasteiger partial charge on any atom is 0.321 e. The predicted octanol–water partition coefficient (Wildman–Crippen LogP) is 1.50. The molecule has 1 heterocycles. The summed E-state index contributed by atoms with van der Waals surface area (Å²) in [6, 6.07) is 7.12. The van der Waals surface area contributed by atoms with E-state index in [1.165, 1.54) is 18.8 Å². The highest BCUT2D eigenvalue weighted by Gasteiger charge is 2.18. The Labute approximate surface area is 114 Å². The van der Waals surface area contributed by atoms with Crippen molar-refractivity contribution >= 4 is 34.7 Å². The van der Waals surface area contributed by atoms with Crippen LogP contribution in [0.3, 0.4) is 0 Å². The Hall–Kier alpha value is -2.02. The van der Waals surface area contributed by atoms with Crippen molar-refractivity contribution in [1.29, 1.82) is 0 Å². The van der Waals surface area contributed by atoms with E-state index in [1.807, 2.05) is 24.3 Å². The highest BCUT2D eigenvalue weighted by atomic mass is 32.2. The van der Waals surface area contributed by atoms with E-state index in [0.717, 1.165) is 11.0 Å². The number of hydrogen-bond donors (Lipinski definition) is 3. The lowest BCUT2D eigenvalue weighted by Gasteiger charge is -2.08. The molecule has 7 heteroatoms. The lowest BCUT2D eigenvalue weighted by Crippen LogP contribution is -2.41. The van der Waals surface area contributed by atoms with Gasteiger partial charge in [-0.15, -0.1) is 0 Å². The van der Waals surface area contributed by atoms with Gasteiger partial charge in [-0.05, 0) is 19.1 Å². The van der Waals surface area contributed by atoms with Crippen LogP contribution in [0.15, 0.2) is 29.4 Å². The van der Waals surface area contributed by atoms with E-state index in [4.69, 9.17) is 0 Å². The average Bonchev–Trinajstić information content (AvgIpc) is 2.80. The minimum atomic E-state index is -0.512. The molecule has 0 bridgehead atoms. The van der Waals surface area contributed by atoms with Crippen LogP contribution in [0.4, 0.5) is 4.79 Å². The third-order valence-electron chi connectivity index (χ3n) is 2.49. The van der Waals surface area contributed by atoms with Crippen molar-refractivity contribution in [3.63, 3.8) is 0 Å². The molecule has 0 saturated carbocycles. The fourth-order valence-corrected chi connectivity index (χ4v) is 2.30. The molecule has 19 heavy (non-hydrogen) atoms. The number of thioether (sulfide) groups is 1.